The lowest BCUT2D eigenvalue weighted by Gasteiger charge is -2.24. The molecule has 5 rings (SSSR count). The van der Waals surface area contributed by atoms with Crippen molar-refractivity contribution in [3.05, 3.63) is 105 Å². The maximum atomic E-state index is 13.7. The molecule has 1 amide bonds. The van der Waals surface area contributed by atoms with Crippen LogP contribution >= 0.6 is 11.3 Å². The number of Topliss-reactive ketones (excluding diaryl/α,β-unsaturated/α-hetero) is 1. The normalized spacial score (nSPS) is 15.8. The molecule has 4 aromatic rings. The van der Waals surface area contributed by atoms with Crippen LogP contribution in [0.3, 0.4) is 0 Å². The maximum Gasteiger partial charge on any atom is 0.350 e. The molecule has 44 heavy (non-hydrogen) atoms. The van der Waals surface area contributed by atoms with E-state index >= 15 is 0 Å². The molecular weight excluding hydrogens is 584 g/mol. The number of methoxy groups -OCH3 is 3. The van der Waals surface area contributed by atoms with Gasteiger partial charge in [-0.15, -0.1) is 0 Å². The van der Waals surface area contributed by atoms with E-state index < -0.39 is 23.7 Å². The third-order valence-electron chi connectivity index (χ3n) is 7.23. The Labute approximate surface area is 258 Å². The number of hydrogen-bond acceptors (Lipinski definition) is 10. The summed E-state index contributed by atoms with van der Waals surface area (Å²) in [7, 11) is 4.21. The highest BCUT2D eigenvalue weighted by Gasteiger charge is 2.48. The number of aliphatic hydroxyl groups is 1. The highest BCUT2D eigenvalue weighted by Crippen LogP contribution is 2.46. The number of anilines is 1. The summed E-state index contributed by atoms with van der Waals surface area (Å²) >= 11 is 0.920. The number of rotatable bonds is 9. The van der Waals surface area contributed by atoms with Gasteiger partial charge in [0, 0.05) is 5.56 Å². The minimum Gasteiger partial charge on any atom is -0.507 e. The molecule has 0 saturated carbocycles. The molecule has 0 spiro atoms. The van der Waals surface area contributed by atoms with Crippen LogP contribution in [0.5, 0.6) is 17.2 Å². The van der Waals surface area contributed by atoms with Gasteiger partial charge in [0.05, 0.1) is 38.6 Å². The zero-order valence-electron chi connectivity index (χ0n) is 24.7. The van der Waals surface area contributed by atoms with Gasteiger partial charge >= 0.3 is 11.9 Å². The Kier molecular flexibility index (Phi) is 8.68. The van der Waals surface area contributed by atoms with Crippen LogP contribution in [0.15, 0.2) is 72.3 Å². The van der Waals surface area contributed by atoms with E-state index in [2.05, 4.69) is 4.98 Å². The van der Waals surface area contributed by atoms with E-state index in [-0.39, 0.29) is 21.3 Å². The molecule has 1 unspecified atom stereocenters. The lowest BCUT2D eigenvalue weighted by molar-refractivity contribution is -0.132. The van der Waals surface area contributed by atoms with Crippen molar-refractivity contribution < 1.29 is 38.4 Å². The fourth-order valence-electron chi connectivity index (χ4n) is 5.01. The largest absolute Gasteiger partial charge is 0.507 e. The molecule has 0 radical (unpaired) electrons. The van der Waals surface area contributed by atoms with Crippen LogP contribution in [0.4, 0.5) is 5.13 Å². The molecule has 226 valence electrons. The number of ketones is 1. The summed E-state index contributed by atoms with van der Waals surface area (Å²) in [6.45, 7) is 3.74. The highest BCUT2D eigenvalue weighted by molar-refractivity contribution is 7.17. The second-order valence-corrected chi connectivity index (χ2v) is 10.9. The Hall–Kier alpha value is -5.16. The number of ether oxygens (including phenoxy) is 4. The quantitative estimate of drug-likeness (QED) is 0.108. The predicted octanol–water partition coefficient (Wildman–Crippen LogP) is 5.77. The van der Waals surface area contributed by atoms with E-state index in [1.165, 1.54) is 26.2 Å². The number of aliphatic hydroxyl groups excluding tert-OH is 1. The first-order chi connectivity index (χ1) is 21.2. The summed E-state index contributed by atoms with van der Waals surface area (Å²) in [5.74, 6) is -1.41. The van der Waals surface area contributed by atoms with Gasteiger partial charge in [-0.25, -0.2) is 9.78 Å². The first-order valence-corrected chi connectivity index (χ1v) is 14.4. The predicted molar refractivity (Wildman–Crippen MR) is 164 cm³/mol. The van der Waals surface area contributed by atoms with E-state index in [0.29, 0.717) is 46.2 Å². The Morgan fingerprint density at radius 3 is 2.34 bits per heavy atom. The second-order valence-electron chi connectivity index (χ2n) is 9.94. The average Bonchev–Trinajstić information content (AvgIpc) is 3.55. The van der Waals surface area contributed by atoms with Crippen LogP contribution in [-0.2, 0) is 20.9 Å². The lowest BCUT2D eigenvalue weighted by Crippen LogP contribution is -2.29. The summed E-state index contributed by atoms with van der Waals surface area (Å²) in [5.41, 5.74) is 2.63. The van der Waals surface area contributed by atoms with Gasteiger partial charge in [0.25, 0.3) is 5.78 Å². The van der Waals surface area contributed by atoms with Crippen molar-refractivity contribution in [2.45, 2.75) is 26.5 Å². The molecule has 0 bridgehead atoms. The molecule has 1 aliphatic rings. The zero-order valence-corrected chi connectivity index (χ0v) is 25.6. The summed E-state index contributed by atoms with van der Waals surface area (Å²) in [6, 6.07) is 18.6. The molecule has 1 atom stereocenters. The lowest BCUT2D eigenvalue weighted by atomic mass is 9.93. The van der Waals surface area contributed by atoms with Crippen LogP contribution in [0.2, 0.25) is 0 Å². The Morgan fingerprint density at radius 2 is 1.68 bits per heavy atom. The molecule has 1 saturated heterocycles. The van der Waals surface area contributed by atoms with E-state index in [1.807, 2.05) is 30.3 Å². The van der Waals surface area contributed by atoms with Crippen molar-refractivity contribution in [2.24, 2.45) is 0 Å². The summed E-state index contributed by atoms with van der Waals surface area (Å²) in [4.78, 5) is 45.5. The monoisotopic (exact) mass is 614 g/mol. The SMILES string of the molecule is COC(=O)c1sc(N2C(=O)C(=O)/C(=C(/O)c3ccc(OCc4ccccc4)cc3C)C2c2ccc(OC)c(OC)c2)nc1C. The summed E-state index contributed by atoms with van der Waals surface area (Å²) in [6.07, 6.45) is 0. The second kappa shape index (κ2) is 12.6. The molecule has 10 nitrogen and oxygen atoms in total. The number of carbonyl (C=O) groups is 3. The van der Waals surface area contributed by atoms with Crippen molar-refractivity contribution >= 4 is 39.9 Å². The number of carbonyl (C=O) groups excluding carboxylic acids is 3. The van der Waals surface area contributed by atoms with Crippen LogP contribution in [0.25, 0.3) is 5.76 Å². The third-order valence-corrected chi connectivity index (χ3v) is 8.37. The minimum atomic E-state index is -1.10. The van der Waals surface area contributed by atoms with Crippen LogP contribution in [0.1, 0.15) is 43.7 Å². The van der Waals surface area contributed by atoms with Gasteiger partial charge in [0.1, 0.15) is 23.0 Å². The van der Waals surface area contributed by atoms with Gasteiger partial charge in [0.2, 0.25) is 0 Å². The molecule has 1 N–H and O–H groups in total. The zero-order chi connectivity index (χ0) is 31.5. The van der Waals surface area contributed by atoms with Crippen molar-refractivity contribution in [1.82, 2.24) is 4.98 Å². The van der Waals surface area contributed by atoms with Gasteiger partial charge in [-0.3, -0.25) is 14.5 Å². The molecular formula is C33H30N2O8S. The molecule has 11 heteroatoms. The molecule has 1 fully saturated rings. The molecule has 3 aromatic carbocycles. The van der Waals surface area contributed by atoms with Gasteiger partial charge in [0.15, 0.2) is 16.6 Å². The van der Waals surface area contributed by atoms with Gasteiger partial charge in [-0.05, 0) is 60.9 Å². The average molecular weight is 615 g/mol. The Bertz CT molecular complexity index is 1780. The molecule has 0 aliphatic carbocycles. The Balaban J connectivity index is 1.62. The van der Waals surface area contributed by atoms with Crippen LogP contribution < -0.4 is 19.1 Å². The first-order valence-electron chi connectivity index (χ1n) is 13.5. The smallest absolute Gasteiger partial charge is 0.350 e. The van der Waals surface area contributed by atoms with Crippen molar-refractivity contribution in [1.29, 1.82) is 0 Å². The van der Waals surface area contributed by atoms with Crippen molar-refractivity contribution in [2.75, 3.05) is 26.2 Å². The number of aryl methyl sites for hydroxylation is 2. The standard InChI is InChI=1S/C33H30N2O8S/c1-18-15-22(43-17-20-9-7-6-8-10-20)12-13-23(18)28(36)26-27(21-11-14-24(40-3)25(16-21)41-4)35(31(38)29(26)37)33-34-19(2)30(44-33)32(39)42-5/h6-16,27,36H,17H2,1-5H3/b28-26+. The fraction of sp³-hybridized carbons (Fsp3) is 0.212. The number of aromatic nitrogens is 1. The number of nitrogens with zero attached hydrogens (tertiary/aromatic N) is 2. The maximum absolute atomic E-state index is 13.7. The van der Waals surface area contributed by atoms with Crippen LogP contribution in [0, 0.1) is 13.8 Å². The summed E-state index contributed by atoms with van der Waals surface area (Å²) in [5, 5.41) is 11.8. The number of esters is 1. The van der Waals surface area contributed by atoms with Crippen LogP contribution in [-0.4, -0.2) is 49.1 Å². The van der Waals surface area contributed by atoms with E-state index in [0.717, 1.165) is 16.9 Å². The van der Waals surface area contributed by atoms with E-state index in [1.54, 1.807) is 50.2 Å². The molecule has 1 aliphatic heterocycles. The fourth-order valence-corrected chi connectivity index (χ4v) is 6.02. The van der Waals surface area contributed by atoms with Gasteiger partial charge in [-0.1, -0.05) is 47.7 Å². The highest BCUT2D eigenvalue weighted by atomic mass is 32.1. The van der Waals surface area contributed by atoms with Crippen molar-refractivity contribution in [3.8, 4) is 17.2 Å². The Morgan fingerprint density at radius 1 is 0.955 bits per heavy atom. The molecule has 1 aromatic heterocycles. The minimum absolute atomic E-state index is 0.102. The third kappa shape index (κ3) is 5.61. The number of thiazole rings is 1. The van der Waals surface area contributed by atoms with Crippen molar-refractivity contribution in [3.63, 3.8) is 0 Å². The number of hydrogen-bond donors (Lipinski definition) is 1. The topological polar surface area (TPSA) is 124 Å². The van der Waals surface area contributed by atoms with Gasteiger partial charge < -0.3 is 24.1 Å². The molecule has 2 heterocycles. The first kappa shape index (κ1) is 30.3. The number of amides is 1. The summed E-state index contributed by atoms with van der Waals surface area (Å²) < 4.78 is 21.7. The number of benzene rings is 3. The van der Waals surface area contributed by atoms with E-state index in [9.17, 15) is 19.5 Å². The van der Waals surface area contributed by atoms with E-state index in [4.69, 9.17) is 18.9 Å². The van der Waals surface area contributed by atoms with Gasteiger partial charge in [-0.2, -0.15) is 0 Å².